The molecule has 0 bridgehead atoms. The van der Waals surface area contributed by atoms with Crippen molar-refractivity contribution in [3.63, 3.8) is 0 Å². The van der Waals surface area contributed by atoms with Crippen molar-refractivity contribution in [1.82, 2.24) is 0 Å². The monoisotopic (exact) mass is 166 g/mol. The van der Waals surface area contributed by atoms with Crippen molar-refractivity contribution in [3.05, 3.63) is 23.8 Å². The molecule has 0 saturated heterocycles. The second-order valence-corrected chi connectivity index (χ2v) is 3.25. The summed E-state index contributed by atoms with van der Waals surface area (Å²) >= 11 is 0. The topological polar surface area (TPSA) is 17.1 Å². The fourth-order valence-electron chi connectivity index (χ4n) is 1.09. The van der Waals surface area contributed by atoms with Crippen molar-refractivity contribution >= 4 is 6.29 Å². The van der Waals surface area contributed by atoms with Crippen LogP contribution in [0, 0.1) is 5.92 Å². The van der Waals surface area contributed by atoms with Crippen molar-refractivity contribution in [2.24, 2.45) is 5.92 Å². The lowest BCUT2D eigenvalue weighted by Gasteiger charge is -2.11. The van der Waals surface area contributed by atoms with Crippen molar-refractivity contribution in [2.45, 2.75) is 33.6 Å². The van der Waals surface area contributed by atoms with E-state index in [4.69, 9.17) is 0 Å². The van der Waals surface area contributed by atoms with Gasteiger partial charge in [0, 0.05) is 0 Å². The third kappa shape index (κ3) is 4.12. The van der Waals surface area contributed by atoms with Gasteiger partial charge in [-0.2, -0.15) is 0 Å². The molecular formula is C11H18O. The van der Waals surface area contributed by atoms with Crippen LogP contribution < -0.4 is 0 Å². The zero-order chi connectivity index (χ0) is 9.56. The molecular weight excluding hydrogens is 148 g/mol. The summed E-state index contributed by atoms with van der Waals surface area (Å²) in [4.78, 5) is 10.3. The van der Waals surface area contributed by atoms with E-state index in [1.807, 2.05) is 19.9 Å². The van der Waals surface area contributed by atoms with E-state index in [1.165, 1.54) is 5.57 Å². The van der Waals surface area contributed by atoms with Gasteiger partial charge >= 0.3 is 0 Å². The van der Waals surface area contributed by atoms with E-state index in [9.17, 15) is 4.79 Å². The van der Waals surface area contributed by atoms with Crippen LogP contribution in [0.25, 0.3) is 0 Å². The van der Waals surface area contributed by atoms with Crippen LogP contribution in [0.2, 0.25) is 0 Å². The average Bonchev–Trinajstić information content (AvgIpc) is 2.04. The normalized spacial score (nSPS) is 14.1. The van der Waals surface area contributed by atoms with E-state index < -0.39 is 0 Å². The average molecular weight is 166 g/mol. The van der Waals surface area contributed by atoms with Crippen LogP contribution in [-0.2, 0) is 4.79 Å². The molecule has 0 fully saturated rings. The predicted molar refractivity (Wildman–Crippen MR) is 53.0 cm³/mol. The Hall–Kier alpha value is -0.850. The second kappa shape index (κ2) is 5.76. The Morgan fingerprint density at radius 2 is 2.08 bits per heavy atom. The lowest BCUT2D eigenvalue weighted by atomic mass is 9.94. The largest absolute Gasteiger partial charge is 0.298 e. The summed E-state index contributed by atoms with van der Waals surface area (Å²) in [6.07, 6.45) is 4.91. The summed E-state index contributed by atoms with van der Waals surface area (Å²) < 4.78 is 0. The molecule has 0 heterocycles. The van der Waals surface area contributed by atoms with Gasteiger partial charge in [-0.05, 0) is 38.2 Å². The maximum Gasteiger partial charge on any atom is 0.145 e. The molecule has 0 saturated carbocycles. The van der Waals surface area contributed by atoms with Gasteiger partial charge in [0.25, 0.3) is 0 Å². The number of allylic oxidation sites excluding steroid dienone is 3. The third-order valence-electron chi connectivity index (χ3n) is 2.10. The van der Waals surface area contributed by atoms with Gasteiger partial charge in [0.15, 0.2) is 0 Å². The molecule has 0 radical (unpaired) electrons. The number of carbonyl (C=O) groups excluding carboxylic acids is 1. The highest BCUT2D eigenvalue weighted by Gasteiger charge is 2.03. The molecule has 1 unspecified atom stereocenters. The maximum atomic E-state index is 10.3. The van der Waals surface area contributed by atoms with E-state index in [-0.39, 0.29) is 0 Å². The fourth-order valence-corrected chi connectivity index (χ4v) is 1.09. The maximum absolute atomic E-state index is 10.3. The summed E-state index contributed by atoms with van der Waals surface area (Å²) in [7, 11) is 0. The van der Waals surface area contributed by atoms with Gasteiger partial charge in [-0.3, -0.25) is 4.79 Å². The molecule has 0 amide bonds. The third-order valence-corrected chi connectivity index (χ3v) is 2.10. The standard InChI is InChI=1S/C11H18O/c1-5-11(9(2)3)7-6-10(4)8-12/h6,8,11H,2,5,7H2,1,3-4H3. The van der Waals surface area contributed by atoms with Gasteiger partial charge in [0.05, 0.1) is 0 Å². The molecule has 0 aromatic rings. The Balaban J connectivity index is 4.04. The highest BCUT2D eigenvalue weighted by Crippen LogP contribution is 2.17. The van der Waals surface area contributed by atoms with E-state index in [1.54, 1.807) is 0 Å². The first kappa shape index (κ1) is 11.2. The Morgan fingerprint density at radius 3 is 2.42 bits per heavy atom. The van der Waals surface area contributed by atoms with Gasteiger partial charge in [0.1, 0.15) is 6.29 Å². The highest BCUT2D eigenvalue weighted by molar-refractivity contribution is 5.71. The van der Waals surface area contributed by atoms with Crippen LogP contribution in [-0.4, -0.2) is 6.29 Å². The van der Waals surface area contributed by atoms with Gasteiger partial charge in [-0.15, -0.1) is 0 Å². The number of carbonyl (C=O) groups is 1. The molecule has 1 nitrogen and oxygen atoms in total. The van der Waals surface area contributed by atoms with E-state index >= 15 is 0 Å². The number of hydrogen-bond acceptors (Lipinski definition) is 1. The molecule has 1 atom stereocenters. The van der Waals surface area contributed by atoms with Crippen LogP contribution in [0.1, 0.15) is 33.6 Å². The molecule has 0 aliphatic rings. The molecule has 0 N–H and O–H groups in total. The van der Waals surface area contributed by atoms with Crippen molar-refractivity contribution < 1.29 is 4.79 Å². The summed E-state index contributed by atoms with van der Waals surface area (Å²) in [5.74, 6) is 0.528. The number of hydrogen-bond donors (Lipinski definition) is 0. The lowest BCUT2D eigenvalue weighted by Crippen LogP contribution is -1.97. The molecule has 0 spiro atoms. The Kier molecular flexibility index (Phi) is 5.35. The van der Waals surface area contributed by atoms with Crippen LogP contribution in [0.3, 0.4) is 0 Å². The van der Waals surface area contributed by atoms with Gasteiger partial charge in [0.2, 0.25) is 0 Å². The van der Waals surface area contributed by atoms with E-state index in [0.29, 0.717) is 5.92 Å². The minimum absolute atomic E-state index is 0.528. The van der Waals surface area contributed by atoms with Crippen LogP contribution in [0.4, 0.5) is 0 Å². The van der Waals surface area contributed by atoms with Gasteiger partial charge < -0.3 is 0 Å². The predicted octanol–water partition coefficient (Wildman–Crippen LogP) is 3.12. The Labute approximate surface area is 75.2 Å². The number of aldehydes is 1. The lowest BCUT2D eigenvalue weighted by molar-refractivity contribution is -0.104. The Bertz CT molecular complexity index is 189. The van der Waals surface area contributed by atoms with Crippen LogP contribution in [0.5, 0.6) is 0 Å². The molecule has 0 aromatic carbocycles. The molecule has 12 heavy (non-hydrogen) atoms. The highest BCUT2D eigenvalue weighted by atomic mass is 16.1. The van der Waals surface area contributed by atoms with Crippen molar-refractivity contribution in [1.29, 1.82) is 0 Å². The van der Waals surface area contributed by atoms with Crippen molar-refractivity contribution in [2.75, 3.05) is 0 Å². The molecule has 0 rings (SSSR count). The summed E-state index contributed by atoms with van der Waals surface area (Å²) in [5.41, 5.74) is 2.02. The molecule has 0 aliphatic heterocycles. The zero-order valence-corrected chi connectivity index (χ0v) is 8.26. The molecule has 0 aliphatic carbocycles. The van der Waals surface area contributed by atoms with Crippen LogP contribution >= 0.6 is 0 Å². The quantitative estimate of drug-likeness (QED) is 0.348. The van der Waals surface area contributed by atoms with Gasteiger partial charge in [-0.1, -0.05) is 25.2 Å². The minimum atomic E-state index is 0.528. The molecule has 1 heteroatoms. The zero-order valence-electron chi connectivity index (χ0n) is 8.26. The smallest absolute Gasteiger partial charge is 0.145 e. The first-order valence-electron chi connectivity index (χ1n) is 4.39. The van der Waals surface area contributed by atoms with E-state index in [2.05, 4.69) is 13.5 Å². The first-order valence-corrected chi connectivity index (χ1v) is 4.39. The summed E-state index contributed by atoms with van der Waals surface area (Å²) in [6, 6.07) is 0. The summed E-state index contributed by atoms with van der Waals surface area (Å²) in [5, 5.41) is 0. The SMILES string of the molecule is C=C(C)C(CC)CC=C(C)C=O. The fraction of sp³-hybridized carbons (Fsp3) is 0.545. The minimum Gasteiger partial charge on any atom is -0.298 e. The number of rotatable bonds is 5. The van der Waals surface area contributed by atoms with E-state index in [0.717, 1.165) is 24.7 Å². The van der Waals surface area contributed by atoms with Gasteiger partial charge in [-0.25, -0.2) is 0 Å². The first-order chi connectivity index (χ1) is 5.61. The Morgan fingerprint density at radius 1 is 1.50 bits per heavy atom. The molecule has 68 valence electrons. The van der Waals surface area contributed by atoms with Crippen LogP contribution in [0.15, 0.2) is 23.8 Å². The second-order valence-electron chi connectivity index (χ2n) is 3.25. The molecule has 0 aromatic heterocycles. The summed E-state index contributed by atoms with van der Waals surface area (Å²) in [6.45, 7) is 9.93. The van der Waals surface area contributed by atoms with Crippen molar-refractivity contribution in [3.8, 4) is 0 Å².